The number of nitrogens with zero attached hydrogens (tertiary/aromatic N) is 1. The van der Waals surface area contributed by atoms with Crippen LogP contribution in [0.4, 0.5) is 15.2 Å². The number of carbonyl (C=O) groups is 2. The van der Waals surface area contributed by atoms with E-state index in [2.05, 4.69) is 15.6 Å². The minimum absolute atomic E-state index is 0. The number of aromatic nitrogens is 1. The molecule has 0 bridgehead atoms. The summed E-state index contributed by atoms with van der Waals surface area (Å²) >= 11 is 1.20. The average Bonchev–Trinajstić information content (AvgIpc) is 3.09. The van der Waals surface area contributed by atoms with Gasteiger partial charge in [0.2, 0.25) is 11.8 Å². The molecule has 1 fully saturated rings. The number of benzene rings is 1. The van der Waals surface area contributed by atoms with Crippen LogP contribution in [0.3, 0.4) is 0 Å². The summed E-state index contributed by atoms with van der Waals surface area (Å²) in [5, 5.41) is 7.25. The lowest BCUT2D eigenvalue weighted by Crippen LogP contribution is -2.43. The third-order valence-electron chi connectivity index (χ3n) is 4.38. The lowest BCUT2D eigenvalue weighted by Gasteiger charge is -2.26. The number of hydrogen-bond acceptors (Lipinski definition) is 6. The molecule has 0 spiro atoms. The van der Waals surface area contributed by atoms with Crippen LogP contribution >= 0.6 is 23.7 Å². The number of anilines is 2. The molecule has 1 saturated heterocycles. The van der Waals surface area contributed by atoms with Crippen LogP contribution in [-0.2, 0) is 14.3 Å². The van der Waals surface area contributed by atoms with E-state index in [0.717, 1.165) is 12.8 Å². The maximum Gasteiger partial charge on any atom is 0.243 e. The summed E-state index contributed by atoms with van der Waals surface area (Å²) in [7, 11) is 0. The molecule has 0 radical (unpaired) electrons. The van der Waals surface area contributed by atoms with E-state index in [4.69, 9.17) is 10.5 Å². The number of nitrogens with one attached hydrogen (secondary N) is 2. The largest absolute Gasteiger partial charge is 0.381 e. The van der Waals surface area contributed by atoms with E-state index in [9.17, 15) is 14.0 Å². The summed E-state index contributed by atoms with van der Waals surface area (Å²) in [6.45, 7) is 2.58. The van der Waals surface area contributed by atoms with Crippen molar-refractivity contribution in [2.75, 3.05) is 23.8 Å². The fraction of sp³-hybridized carbons (Fsp3) is 0.389. The Morgan fingerprint density at radius 2 is 2.04 bits per heavy atom. The van der Waals surface area contributed by atoms with Gasteiger partial charge in [0.25, 0.3) is 0 Å². The summed E-state index contributed by atoms with van der Waals surface area (Å²) in [5.74, 6) is -1.01. The van der Waals surface area contributed by atoms with Gasteiger partial charge in [-0.3, -0.25) is 9.59 Å². The molecule has 2 amide bonds. The van der Waals surface area contributed by atoms with Gasteiger partial charge in [0.15, 0.2) is 5.13 Å². The van der Waals surface area contributed by atoms with Gasteiger partial charge < -0.3 is 21.1 Å². The number of rotatable bonds is 5. The zero-order chi connectivity index (χ0) is 19.4. The van der Waals surface area contributed by atoms with Gasteiger partial charge in [-0.2, -0.15) is 0 Å². The molecule has 1 unspecified atom stereocenters. The molecule has 1 aliphatic heterocycles. The Bertz CT molecular complexity index is 842. The molecule has 3 rings (SSSR count). The maximum absolute atomic E-state index is 14.3. The molecule has 1 aromatic heterocycles. The highest BCUT2D eigenvalue weighted by Crippen LogP contribution is 2.29. The molecule has 2 aromatic rings. The summed E-state index contributed by atoms with van der Waals surface area (Å²) in [6, 6.07) is 3.73. The fourth-order valence-electron chi connectivity index (χ4n) is 2.94. The van der Waals surface area contributed by atoms with Gasteiger partial charge in [-0.15, -0.1) is 23.7 Å². The topological polar surface area (TPSA) is 106 Å². The van der Waals surface area contributed by atoms with E-state index in [1.807, 2.05) is 0 Å². The van der Waals surface area contributed by atoms with E-state index in [1.54, 1.807) is 11.4 Å². The molecule has 7 nitrogen and oxygen atoms in total. The van der Waals surface area contributed by atoms with Crippen LogP contribution in [0.2, 0.25) is 0 Å². The van der Waals surface area contributed by atoms with Crippen molar-refractivity contribution in [1.29, 1.82) is 0 Å². The molecule has 0 aliphatic carbocycles. The number of halogens is 2. The van der Waals surface area contributed by atoms with Crippen molar-refractivity contribution < 1.29 is 18.7 Å². The van der Waals surface area contributed by atoms with Crippen molar-refractivity contribution >= 4 is 46.4 Å². The second-order valence-corrected chi connectivity index (χ2v) is 7.24. The first kappa shape index (κ1) is 22.2. The van der Waals surface area contributed by atoms with Crippen LogP contribution < -0.4 is 16.4 Å². The monoisotopic (exact) mass is 428 g/mol. The normalized spacial score (nSPS) is 15.4. The zero-order valence-corrected chi connectivity index (χ0v) is 16.9. The van der Waals surface area contributed by atoms with Crippen LogP contribution in [0.15, 0.2) is 23.6 Å². The second kappa shape index (κ2) is 9.92. The van der Waals surface area contributed by atoms with Gasteiger partial charge in [0.05, 0.1) is 11.7 Å². The molecule has 2 heterocycles. The molecular formula is C18H22ClFN4O3S. The summed E-state index contributed by atoms with van der Waals surface area (Å²) in [6.07, 6.45) is 1.51. The Hall–Kier alpha value is -2.07. The standard InChI is InChI=1S/C18H21FN4O3S.ClH/c1-10(24)21-12-2-3-13(14(19)8-12)15-9-27-18(22-15)23-17(25)16(20)11-4-6-26-7-5-11;/h2-3,8-9,11,16H,4-7,20H2,1H3,(H,21,24)(H,22,23,25);1H. The minimum Gasteiger partial charge on any atom is -0.381 e. The third-order valence-corrected chi connectivity index (χ3v) is 5.13. The number of amides is 2. The van der Waals surface area contributed by atoms with Crippen molar-refractivity contribution in [3.63, 3.8) is 0 Å². The fourth-order valence-corrected chi connectivity index (χ4v) is 3.65. The summed E-state index contributed by atoms with van der Waals surface area (Å²) < 4.78 is 19.6. The third kappa shape index (κ3) is 5.48. The molecule has 1 aromatic carbocycles. The Labute approximate surface area is 172 Å². The van der Waals surface area contributed by atoms with E-state index in [-0.39, 0.29) is 35.7 Å². The smallest absolute Gasteiger partial charge is 0.243 e. The van der Waals surface area contributed by atoms with Crippen LogP contribution in [0.1, 0.15) is 19.8 Å². The lowest BCUT2D eigenvalue weighted by molar-refractivity contribution is -0.119. The molecule has 1 atom stereocenters. The van der Waals surface area contributed by atoms with Gasteiger partial charge >= 0.3 is 0 Å². The zero-order valence-electron chi connectivity index (χ0n) is 15.2. The molecule has 10 heteroatoms. The number of carbonyl (C=O) groups excluding carboxylic acids is 2. The minimum atomic E-state index is -0.630. The first-order valence-electron chi connectivity index (χ1n) is 8.61. The number of thiazole rings is 1. The predicted octanol–water partition coefficient (Wildman–Crippen LogP) is 3.02. The Morgan fingerprint density at radius 1 is 1.32 bits per heavy atom. The number of ether oxygens (including phenoxy) is 1. The summed E-state index contributed by atoms with van der Waals surface area (Å²) in [4.78, 5) is 27.7. The first-order chi connectivity index (χ1) is 12.9. The summed E-state index contributed by atoms with van der Waals surface area (Å²) in [5.41, 5.74) is 7.11. The SMILES string of the molecule is CC(=O)Nc1ccc(-c2csc(NC(=O)C(N)C3CCOCC3)n2)c(F)c1.Cl. The van der Waals surface area contributed by atoms with Gasteiger partial charge in [0.1, 0.15) is 5.82 Å². The number of nitrogens with two attached hydrogens (primary N) is 1. The molecule has 4 N–H and O–H groups in total. The molecule has 28 heavy (non-hydrogen) atoms. The van der Waals surface area contributed by atoms with Crippen LogP contribution in [0.25, 0.3) is 11.3 Å². The second-order valence-electron chi connectivity index (χ2n) is 6.38. The highest BCUT2D eigenvalue weighted by atomic mass is 35.5. The van der Waals surface area contributed by atoms with Crippen LogP contribution in [-0.4, -0.2) is 36.1 Å². The van der Waals surface area contributed by atoms with Crippen molar-refractivity contribution in [3.05, 3.63) is 29.4 Å². The van der Waals surface area contributed by atoms with Crippen molar-refractivity contribution in [3.8, 4) is 11.3 Å². The maximum atomic E-state index is 14.3. The van der Waals surface area contributed by atoms with Crippen LogP contribution in [0.5, 0.6) is 0 Å². The van der Waals surface area contributed by atoms with E-state index in [1.165, 1.54) is 30.4 Å². The Kier molecular flexibility index (Phi) is 7.88. The lowest BCUT2D eigenvalue weighted by atomic mass is 9.92. The quantitative estimate of drug-likeness (QED) is 0.678. The van der Waals surface area contributed by atoms with Crippen molar-refractivity contribution in [1.82, 2.24) is 4.98 Å². The van der Waals surface area contributed by atoms with Gasteiger partial charge in [-0.25, -0.2) is 9.37 Å². The van der Waals surface area contributed by atoms with E-state index >= 15 is 0 Å². The molecule has 0 saturated carbocycles. The molecular weight excluding hydrogens is 407 g/mol. The van der Waals surface area contributed by atoms with Crippen molar-refractivity contribution in [2.45, 2.75) is 25.8 Å². The number of hydrogen-bond donors (Lipinski definition) is 3. The van der Waals surface area contributed by atoms with Gasteiger partial charge in [-0.05, 0) is 37.0 Å². The van der Waals surface area contributed by atoms with Gasteiger partial charge in [-0.1, -0.05) is 0 Å². The van der Waals surface area contributed by atoms with Gasteiger partial charge in [0, 0.05) is 36.8 Å². The first-order valence-corrected chi connectivity index (χ1v) is 9.49. The van der Waals surface area contributed by atoms with E-state index in [0.29, 0.717) is 29.7 Å². The van der Waals surface area contributed by atoms with Crippen LogP contribution in [0, 0.1) is 11.7 Å². The predicted molar refractivity (Wildman–Crippen MR) is 109 cm³/mol. The van der Waals surface area contributed by atoms with Crippen molar-refractivity contribution in [2.24, 2.45) is 11.7 Å². The van der Waals surface area contributed by atoms with E-state index < -0.39 is 11.9 Å². The Morgan fingerprint density at radius 3 is 2.68 bits per heavy atom. The Balaban J connectivity index is 0.00000280. The highest BCUT2D eigenvalue weighted by Gasteiger charge is 2.27. The molecule has 1 aliphatic rings. The highest BCUT2D eigenvalue weighted by molar-refractivity contribution is 7.14. The average molecular weight is 429 g/mol. The molecule has 152 valence electrons.